The molecule has 1 aromatic rings. The van der Waals surface area contributed by atoms with Crippen LogP contribution in [0.3, 0.4) is 0 Å². The molecule has 1 unspecified atom stereocenters. The fraction of sp³-hybridized carbons (Fsp3) is 0.400. The van der Waals surface area contributed by atoms with Crippen LogP contribution in [0.2, 0.25) is 0 Å². The van der Waals surface area contributed by atoms with Crippen LogP contribution in [0.1, 0.15) is 12.8 Å². The molecule has 1 N–H and O–H groups in total. The first-order chi connectivity index (χ1) is 7.18. The molecule has 1 aliphatic heterocycles. The van der Waals surface area contributed by atoms with Gasteiger partial charge in [-0.3, -0.25) is 0 Å². The molecule has 1 aromatic carbocycles. The Balaban J connectivity index is 2.13. The van der Waals surface area contributed by atoms with Crippen molar-refractivity contribution in [3.8, 4) is 0 Å². The van der Waals surface area contributed by atoms with Crippen LogP contribution in [0.4, 0.5) is 0 Å². The van der Waals surface area contributed by atoms with Crippen molar-refractivity contribution in [3.05, 3.63) is 30.3 Å². The van der Waals surface area contributed by atoms with E-state index in [1.165, 1.54) is 0 Å². The van der Waals surface area contributed by atoms with Crippen molar-refractivity contribution in [3.63, 3.8) is 0 Å². The Kier molecular flexibility index (Phi) is 3.33. The minimum Gasteiger partial charge on any atom is -0.207 e. The summed E-state index contributed by atoms with van der Waals surface area (Å²) in [5.41, 5.74) is 0. The van der Waals surface area contributed by atoms with E-state index in [4.69, 9.17) is 0 Å². The third kappa shape index (κ3) is 2.74. The van der Waals surface area contributed by atoms with Crippen molar-refractivity contribution in [2.45, 2.75) is 23.1 Å². The van der Waals surface area contributed by atoms with E-state index in [0.29, 0.717) is 4.90 Å². The van der Waals surface area contributed by atoms with Crippen LogP contribution in [-0.4, -0.2) is 19.5 Å². The zero-order chi connectivity index (χ0) is 10.7. The Hall–Kier alpha value is -0.520. The second kappa shape index (κ2) is 4.55. The van der Waals surface area contributed by atoms with Crippen LogP contribution >= 0.6 is 11.8 Å². The SMILES string of the molecule is O=S(=O)(NC1CCCS1)c1ccccc1. The molecule has 0 amide bonds. The lowest BCUT2D eigenvalue weighted by atomic mass is 10.3. The summed E-state index contributed by atoms with van der Waals surface area (Å²) in [4.78, 5) is 0.345. The van der Waals surface area contributed by atoms with E-state index in [-0.39, 0.29) is 5.37 Å². The average molecular weight is 243 g/mol. The Morgan fingerprint density at radius 3 is 2.60 bits per heavy atom. The van der Waals surface area contributed by atoms with E-state index in [9.17, 15) is 8.42 Å². The van der Waals surface area contributed by atoms with E-state index in [1.54, 1.807) is 36.0 Å². The van der Waals surface area contributed by atoms with Gasteiger partial charge in [0.15, 0.2) is 0 Å². The van der Waals surface area contributed by atoms with Gasteiger partial charge >= 0.3 is 0 Å². The van der Waals surface area contributed by atoms with Crippen LogP contribution in [0.25, 0.3) is 0 Å². The Morgan fingerprint density at radius 1 is 1.27 bits per heavy atom. The summed E-state index contributed by atoms with van der Waals surface area (Å²) in [5.74, 6) is 1.04. The van der Waals surface area contributed by atoms with Gasteiger partial charge in [0, 0.05) is 0 Å². The molecule has 0 saturated carbocycles. The van der Waals surface area contributed by atoms with E-state index < -0.39 is 10.0 Å². The normalized spacial score (nSPS) is 21.7. The zero-order valence-electron chi connectivity index (χ0n) is 8.22. The van der Waals surface area contributed by atoms with Gasteiger partial charge in [0.1, 0.15) is 0 Å². The van der Waals surface area contributed by atoms with Crippen LogP contribution in [0.5, 0.6) is 0 Å². The lowest BCUT2D eigenvalue weighted by molar-refractivity contribution is 0.576. The second-order valence-corrected chi connectivity index (χ2v) is 6.46. The lowest BCUT2D eigenvalue weighted by Gasteiger charge is -2.11. The maximum absolute atomic E-state index is 11.9. The van der Waals surface area contributed by atoms with Crippen molar-refractivity contribution in [2.24, 2.45) is 0 Å². The predicted octanol–water partition coefficient (Wildman–Crippen LogP) is 1.82. The number of hydrogen-bond donors (Lipinski definition) is 1. The molecule has 1 saturated heterocycles. The van der Waals surface area contributed by atoms with E-state index in [2.05, 4.69) is 4.72 Å². The van der Waals surface area contributed by atoms with Crippen molar-refractivity contribution in [2.75, 3.05) is 5.75 Å². The molecule has 5 heteroatoms. The van der Waals surface area contributed by atoms with Crippen molar-refractivity contribution >= 4 is 21.8 Å². The zero-order valence-corrected chi connectivity index (χ0v) is 9.85. The van der Waals surface area contributed by atoms with E-state index in [0.717, 1.165) is 18.6 Å². The highest BCUT2D eigenvalue weighted by atomic mass is 32.2. The number of rotatable bonds is 3. The molecule has 0 bridgehead atoms. The number of hydrogen-bond acceptors (Lipinski definition) is 3. The molecule has 1 heterocycles. The molecule has 2 rings (SSSR count). The van der Waals surface area contributed by atoms with Gasteiger partial charge in [-0.05, 0) is 30.7 Å². The molecular weight excluding hydrogens is 230 g/mol. The van der Waals surface area contributed by atoms with Crippen molar-refractivity contribution in [1.82, 2.24) is 4.72 Å². The fourth-order valence-corrected chi connectivity index (χ4v) is 4.23. The molecule has 0 aromatic heterocycles. The lowest BCUT2D eigenvalue weighted by Crippen LogP contribution is -2.30. The molecule has 1 fully saturated rings. The maximum atomic E-state index is 11.9. The van der Waals surface area contributed by atoms with Crippen LogP contribution in [0.15, 0.2) is 35.2 Å². The molecule has 0 spiro atoms. The van der Waals surface area contributed by atoms with Gasteiger partial charge < -0.3 is 0 Å². The first kappa shape index (κ1) is 11.0. The third-order valence-corrected chi connectivity index (χ3v) is 5.19. The Bertz CT molecular complexity index is 410. The summed E-state index contributed by atoms with van der Waals surface area (Å²) in [7, 11) is -3.31. The smallest absolute Gasteiger partial charge is 0.207 e. The van der Waals surface area contributed by atoms with Gasteiger partial charge in [-0.2, -0.15) is 4.72 Å². The highest BCUT2D eigenvalue weighted by molar-refractivity contribution is 8.01. The molecule has 82 valence electrons. The minimum atomic E-state index is -3.31. The average Bonchev–Trinajstić information content (AvgIpc) is 2.71. The van der Waals surface area contributed by atoms with E-state index in [1.807, 2.05) is 6.07 Å². The largest absolute Gasteiger partial charge is 0.241 e. The molecule has 1 atom stereocenters. The number of benzene rings is 1. The summed E-state index contributed by atoms with van der Waals surface area (Å²) >= 11 is 1.67. The Morgan fingerprint density at radius 2 is 2.00 bits per heavy atom. The van der Waals surface area contributed by atoms with Gasteiger partial charge in [-0.25, -0.2) is 8.42 Å². The fourth-order valence-electron chi connectivity index (χ4n) is 1.51. The topological polar surface area (TPSA) is 46.2 Å². The van der Waals surface area contributed by atoms with Gasteiger partial charge in [-0.15, -0.1) is 11.8 Å². The minimum absolute atomic E-state index is 0.0511. The maximum Gasteiger partial charge on any atom is 0.241 e. The number of thioether (sulfide) groups is 1. The van der Waals surface area contributed by atoms with Gasteiger partial charge in [-0.1, -0.05) is 18.2 Å². The van der Waals surface area contributed by atoms with Crippen molar-refractivity contribution < 1.29 is 8.42 Å². The molecule has 0 aliphatic carbocycles. The summed E-state index contributed by atoms with van der Waals surface area (Å²) in [6.07, 6.45) is 2.02. The number of nitrogens with one attached hydrogen (secondary N) is 1. The van der Waals surface area contributed by atoms with Gasteiger partial charge in [0.25, 0.3) is 0 Å². The summed E-state index contributed by atoms with van der Waals surface area (Å²) in [6.45, 7) is 0. The van der Waals surface area contributed by atoms with Crippen LogP contribution in [0, 0.1) is 0 Å². The molecule has 1 aliphatic rings. The highest BCUT2D eigenvalue weighted by Gasteiger charge is 2.22. The summed E-state index contributed by atoms with van der Waals surface area (Å²) in [6, 6.07) is 8.50. The first-order valence-corrected chi connectivity index (χ1v) is 7.41. The molecular formula is C10H13NO2S2. The third-order valence-electron chi connectivity index (χ3n) is 2.27. The summed E-state index contributed by atoms with van der Waals surface area (Å²) < 4.78 is 26.4. The highest BCUT2D eigenvalue weighted by Crippen LogP contribution is 2.25. The predicted molar refractivity (Wildman–Crippen MR) is 62.2 cm³/mol. The number of sulfonamides is 1. The second-order valence-electron chi connectivity index (χ2n) is 3.44. The van der Waals surface area contributed by atoms with Gasteiger partial charge in [0.2, 0.25) is 10.0 Å². The van der Waals surface area contributed by atoms with Gasteiger partial charge in [0.05, 0.1) is 10.3 Å². The monoisotopic (exact) mass is 243 g/mol. The standard InChI is InChI=1S/C10H13NO2S2/c12-15(13,9-5-2-1-3-6-9)11-10-7-4-8-14-10/h1-3,5-6,10-11H,4,7-8H2. The van der Waals surface area contributed by atoms with Crippen LogP contribution in [-0.2, 0) is 10.0 Å². The molecule has 3 nitrogen and oxygen atoms in total. The molecule has 0 radical (unpaired) electrons. The molecule has 15 heavy (non-hydrogen) atoms. The summed E-state index contributed by atoms with van der Waals surface area (Å²) in [5, 5.41) is 0.0511. The van der Waals surface area contributed by atoms with Crippen LogP contribution < -0.4 is 4.72 Å². The quantitative estimate of drug-likeness (QED) is 0.881. The van der Waals surface area contributed by atoms with E-state index >= 15 is 0 Å². The Labute approximate surface area is 94.3 Å². The first-order valence-electron chi connectivity index (χ1n) is 4.87. The van der Waals surface area contributed by atoms with Crippen molar-refractivity contribution in [1.29, 1.82) is 0 Å².